The molecule has 0 unspecified atom stereocenters. The van der Waals surface area contributed by atoms with E-state index in [0.717, 1.165) is 12.8 Å². The minimum absolute atomic E-state index is 0.328. The van der Waals surface area contributed by atoms with Gasteiger partial charge >= 0.3 is 0 Å². The van der Waals surface area contributed by atoms with Crippen LogP contribution in [0.1, 0.15) is 24.6 Å². The third kappa shape index (κ3) is 1.95. The van der Waals surface area contributed by atoms with Crippen LogP contribution in [0.5, 0.6) is 0 Å². The number of nitrogen functional groups attached to an aromatic ring is 1. The lowest BCUT2D eigenvalue weighted by molar-refractivity contribution is 0.792. The fourth-order valence-corrected chi connectivity index (χ4v) is 1.60. The molecule has 0 aliphatic carbocycles. The first-order valence-corrected chi connectivity index (χ1v) is 5.31. The lowest BCUT2D eigenvalue weighted by atomic mass is 10.2. The van der Waals surface area contributed by atoms with Crippen LogP contribution < -0.4 is 5.73 Å². The van der Waals surface area contributed by atoms with Gasteiger partial charge in [-0.05, 0) is 6.42 Å². The minimum atomic E-state index is 0.328. The zero-order valence-corrected chi connectivity index (χ0v) is 9.46. The summed E-state index contributed by atoms with van der Waals surface area (Å²) in [6.45, 7) is 2.03. The first-order chi connectivity index (χ1) is 8.27. The lowest BCUT2D eigenvalue weighted by Crippen LogP contribution is -2.04. The summed E-state index contributed by atoms with van der Waals surface area (Å²) in [6, 6.07) is 3.78. The number of hydrogen-bond donors (Lipinski definition) is 1. The summed E-state index contributed by atoms with van der Waals surface area (Å²) in [5.41, 5.74) is 7.04. The second kappa shape index (κ2) is 4.61. The predicted molar refractivity (Wildman–Crippen MR) is 62.3 cm³/mol. The summed E-state index contributed by atoms with van der Waals surface area (Å²) in [5, 5.41) is 13.4. The average molecular weight is 228 g/mol. The standard InChI is InChI=1S/C11H12N6/c1-2-3-9-8(6-12)11(13)17(16-9)10-4-5-14-7-15-10/h4-5,7H,2-3,13H2,1H3. The van der Waals surface area contributed by atoms with E-state index >= 15 is 0 Å². The topological polar surface area (TPSA) is 93.4 Å². The van der Waals surface area contributed by atoms with Crippen molar-refractivity contribution < 1.29 is 0 Å². The van der Waals surface area contributed by atoms with Crippen LogP contribution in [0.25, 0.3) is 5.82 Å². The number of hydrogen-bond acceptors (Lipinski definition) is 5. The summed E-state index contributed by atoms with van der Waals surface area (Å²) in [7, 11) is 0. The van der Waals surface area contributed by atoms with Gasteiger partial charge in [0.25, 0.3) is 0 Å². The SMILES string of the molecule is CCCc1nn(-c2ccncn2)c(N)c1C#N. The van der Waals surface area contributed by atoms with Crippen molar-refractivity contribution in [1.82, 2.24) is 19.7 Å². The van der Waals surface area contributed by atoms with Gasteiger partial charge in [0.05, 0.1) is 5.69 Å². The highest BCUT2D eigenvalue weighted by molar-refractivity contribution is 5.55. The molecule has 0 bridgehead atoms. The summed E-state index contributed by atoms with van der Waals surface area (Å²) in [6.07, 6.45) is 4.66. The molecule has 0 radical (unpaired) electrons. The largest absolute Gasteiger partial charge is 0.382 e. The molecule has 0 saturated carbocycles. The van der Waals surface area contributed by atoms with Gasteiger partial charge in [-0.2, -0.15) is 15.0 Å². The maximum Gasteiger partial charge on any atom is 0.159 e. The van der Waals surface area contributed by atoms with Crippen molar-refractivity contribution in [3.63, 3.8) is 0 Å². The average Bonchev–Trinajstić information content (AvgIpc) is 2.67. The molecule has 0 aliphatic rings. The smallest absolute Gasteiger partial charge is 0.159 e. The van der Waals surface area contributed by atoms with Crippen LogP contribution in [-0.4, -0.2) is 19.7 Å². The molecule has 2 aromatic heterocycles. The number of nitrogens with zero attached hydrogens (tertiary/aromatic N) is 5. The molecule has 0 amide bonds. The van der Waals surface area contributed by atoms with Crippen molar-refractivity contribution >= 4 is 5.82 Å². The Morgan fingerprint density at radius 2 is 2.35 bits per heavy atom. The van der Waals surface area contributed by atoms with Gasteiger partial charge in [-0.1, -0.05) is 13.3 Å². The van der Waals surface area contributed by atoms with E-state index in [0.29, 0.717) is 22.9 Å². The summed E-state index contributed by atoms with van der Waals surface area (Å²) in [4.78, 5) is 7.89. The van der Waals surface area contributed by atoms with E-state index in [9.17, 15) is 0 Å². The van der Waals surface area contributed by atoms with E-state index in [1.54, 1.807) is 12.3 Å². The highest BCUT2D eigenvalue weighted by Gasteiger charge is 2.16. The van der Waals surface area contributed by atoms with E-state index in [2.05, 4.69) is 21.1 Å². The molecule has 0 fully saturated rings. The highest BCUT2D eigenvalue weighted by Crippen LogP contribution is 2.19. The van der Waals surface area contributed by atoms with Crippen LogP contribution in [0.15, 0.2) is 18.6 Å². The highest BCUT2D eigenvalue weighted by atomic mass is 15.3. The molecule has 6 heteroatoms. The third-order valence-corrected chi connectivity index (χ3v) is 2.38. The summed E-state index contributed by atoms with van der Waals surface area (Å²) in [5.74, 6) is 0.894. The number of nitrogens with two attached hydrogens (primary N) is 1. The Labute approximate surface area is 98.7 Å². The fraction of sp³-hybridized carbons (Fsp3) is 0.273. The van der Waals surface area contributed by atoms with Crippen LogP contribution in [0.4, 0.5) is 5.82 Å². The molecule has 17 heavy (non-hydrogen) atoms. The molecule has 0 aromatic carbocycles. The van der Waals surface area contributed by atoms with Crippen molar-refractivity contribution in [3.05, 3.63) is 29.8 Å². The lowest BCUT2D eigenvalue weighted by Gasteiger charge is -2.00. The Bertz CT molecular complexity index is 551. The molecule has 2 heterocycles. The summed E-state index contributed by atoms with van der Waals surface area (Å²) < 4.78 is 1.48. The Morgan fingerprint density at radius 1 is 1.53 bits per heavy atom. The van der Waals surface area contributed by atoms with Gasteiger partial charge in [-0.15, -0.1) is 0 Å². The van der Waals surface area contributed by atoms with E-state index < -0.39 is 0 Å². The molecule has 0 aliphatic heterocycles. The van der Waals surface area contributed by atoms with Crippen molar-refractivity contribution in [3.8, 4) is 11.9 Å². The monoisotopic (exact) mass is 228 g/mol. The molecule has 0 atom stereocenters. The van der Waals surface area contributed by atoms with E-state index in [1.165, 1.54) is 11.0 Å². The second-order valence-corrected chi connectivity index (χ2v) is 3.55. The van der Waals surface area contributed by atoms with Crippen LogP contribution in [-0.2, 0) is 6.42 Å². The van der Waals surface area contributed by atoms with Crippen LogP contribution >= 0.6 is 0 Å². The number of rotatable bonds is 3. The number of anilines is 1. The molecule has 0 spiro atoms. The van der Waals surface area contributed by atoms with Crippen molar-refractivity contribution in [2.75, 3.05) is 5.73 Å². The third-order valence-electron chi connectivity index (χ3n) is 2.38. The Balaban J connectivity index is 2.54. The normalized spacial score (nSPS) is 10.1. The maximum absolute atomic E-state index is 9.07. The number of nitriles is 1. The first-order valence-electron chi connectivity index (χ1n) is 5.31. The van der Waals surface area contributed by atoms with Gasteiger partial charge in [0.2, 0.25) is 0 Å². The van der Waals surface area contributed by atoms with Crippen molar-refractivity contribution in [1.29, 1.82) is 5.26 Å². The number of aryl methyl sites for hydroxylation is 1. The second-order valence-electron chi connectivity index (χ2n) is 3.55. The zero-order valence-electron chi connectivity index (χ0n) is 9.46. The van der Waals surface area contributed by atoms with Gasteiger partial charge in [0.15, 0.2) is 5.82 Å². The van der Waals surface area contributed by atoms with Gasteiger partial charge in [-0.25, -0.2) is 9.97 Å². The van der Waals surface area contributed by atoms with E-state index in [-0.39, 0.29) is 0 Å². The van der Waals surface area contributed by atoms with Crippen molar-refractivity contribution in [2.45, 2.75) is 19.8 Å². The molecule has 2 rings (SSSR count). The molecular formula is C11H12N6. The number of aromatic nitrogens is 4. The van der Waals surface area contributed by atoms with Crippen LogP contribution in [0.3, 0.4) is 0 Å². The molecule has 86 valence electrons. The molecule has 2 aromatic rings. The molecule has 6 nitrogen and oxygen atoms in total. The van der Waals surface area contributed by atoms with E-state index in [4.69, 9.17) is 11.0 Å². The Hall–Kier alpha value is -2.42. The molecule has 0 saturated heterocycles. The van der Waals surface area contributed by atoms with Gasteiger partial charge in [-0.3, -0.25) is 0 Å². The Morgan fingerprint density at radius 3 is 2.94 bits per heavy atom. The van der Waals surface area contributed by atoms with Gasteiger partial charge in [0.1, 0.15) is 23.8 Å². The molecule has 2 N–H and O–H groups in total. The van der Waals surface area contributed by atoms with Crippen molar-refractivity contribution in [2.24, 2.45) is 0 Å². The fourth-order valence-electron chi connectivity index (χ4n) is 1.60. The van der Waals surface area contributed by atoms with E-state index in [1.807, 2.05) is 6.92 Å². The molecular weight excluding hydrogens is 216 g/mol. The van der Waals surface area contributed by atoms with Gasteiger partial charge < -0.3 is 5.73 Å². The van der Waals surface area contributed by atoms with Crippen LogP contribution in [0, 0.1) is 11.3 Å². The quantitative estimate of drug-likeness (QED) is 0.848. The van der Waals surface area contributed by atoms with Gasteiger partial charge in [0, 0.05) is 12.3 Å². The zero-order chi connectivity index (χ0) is 12.3. The maximum atomic E-state index is 9.07. The Kier molecular flexibility index (Phi) is 3.01. The first kappa shape index (κ1) is 11.1. The summed E-state index contributed by atoms with van der Waals surface area (Å²) >= 11 is 0. The van der Waals surface area contributed by atoms with Crippen LogP contribution in [0.2, 0.25) is 0 Å². The predicted octanol–water partition coefficient (Wildman–Crippen LogP) is 1.07. The minimum Gasteiger partial charge on any atom is -0.382 e.